The molecule has 0 amide bonds. The minimum Gasteiger partial charge on any atom is -0.383 e. The van der Waals surface area contributed by atoms with E-state index in [1.807, 2.05) is 37.3 Å². The van der Waals surface area contributed by atoms with Crippen LogP contribution in [0.25, 0.3) is 0 Å². The molecular weight excluding hydrogens is 122 g/mol. The van der Waals surface area contributed by atoms with Crippen LogP contribution < -0.4 is 5.32 Å². The standard InChI is InChI=1S/C9H12N/c1-8(2)10-9-6-4-3-5-7-9/h3-8,10H,1H2,2H3. The van der Waals surface area contributed by atoms with Gasteiger partial charge < -0.3 is 5.32 Å². The lowest BCUT2D eigenvalue weighted by Gasteiger charge is -2.08. The van der Waals surface area contributed by atoms with Gasteiger partial charge in [-0.3, -0.25) is 0 Å². The molecule has 1 unspecified atom stereocenters. The molecule has 53 valence electrons. The first-order valence-electron chi connectivity index (χ1n) is 3.43. The maximum atomic E-state index is 3.82. The summed E-state index contributed by atoms with van der Waals surface area (Å²) in [5.74, 6) is 0. The van der Waals surface area contributed by atoms with E-state index in [1.54, 1.807) is 0 Å². The van der Waals surface area contributed by atoms with Gasteiger partial charge in [-0.1, -0.05) is 18.2 Å². The van der Waals surface area contributed by atoms with E-state index in [0.717, 1.165) is 5.69 Å². The van der Waals surface area contributed by atoms with Gasteiger partial charge in [-0.25, -0.2) is 0 Å². The molecule has 1 aromatic carbocycles. The molecule has 1 rings (SSSR count). The van der Waals surface area contributed by atoms with Crippen LogP contribution in [0.2, 0.25) is 0 Å². The Labute approximate surface area is 62.1 Å². The van der Waals surface area contributed by atoms with E-state index in [-0.39, 0.29) is 6.04 Å². The van der Waals surface area contributed by atoms with Crippen LogP contribution in [0.3, 0.4) is 0 Å². The summed E-state index contributed by atoms with van der Waals surface area (Å²) in [6.07, 6.45) is 0. The third kappa shape index (κ3) is 2.09. The second kappa shape index (κ2) is 3.25. The van der Waals surface area contributed by atoms with Crippen LogP contribution in [0.1, 0.15) is 6.92 Å². The average molecular weight is 134 g/mol. The first-order valence-corrected chi connectivity index (χ1v) is 3.43. The number of nitrogens with one attached hydrogen (secondary N) is 1. The molecule has 0 saturated heterocycles. The molecule has 0 fully saturated rings. The van der Waals surface area contributed by atoms with E-state index in [2.05, 4.69) is 12.2 Å². The largest absolute Gasteiger partial charge is 0.383 e. The molecule has 0 aliphatic carbocycles. The van der Waals surface area contributed by atoms with Crippen LogP contribution in [-0.4, -0.2) is 6.04 Å². The highest BCUT2D eigenvalue weighted by molar-refractivity contribution is 5.43. The van der Waals surface area contributed by atoms with Gasteiger partial charge in [0.25, 0.3) is 0 Å². The maximum Gasteiger partial charge on any atom is 0.0342 e. The Hall–Kier alpha value is -0.980. The summed E-state index contributed by atoms with van der Waals surface area (Å²) in [5, 5.41) is 3.19. The number of para-hydroxylation sites is 1. The van der Waals surface area contributed by atoms with Gasteiger partial charge in [0.1, 0.15) is 0 Å². The molecule has 0 aliphatic heterocycles. The van der Waals surface area contributed by atoms with Crippen LogP contribution in [-0.2, 0) is 0 Å². The summed E-state index contributed by atoms with van der Waals surface area (Å²) in [7, 11) is 0. The predicted molar refractivity (Wildman–Crippen MR) is 44.9 cm³/mol. The highest BCUT2D eigenvalue weighted by Crippen LogP contribution is 2.05. The van der Waals surface area contributed by atoms with Gasteiger partial charge in [-0.15, -0.1) is 0 Å². The van der Waals surface area contributed by atoms with Gasteiger partial charge in [0.15, 0.2) is 0 Å². The van der Waals surface area contributed by atoms with E-state index >= 15 is 0 Å². The molecule has 0 aromatic heterocycles. The zero-order chi connectivity index (χ0) is 7.40. The van der Waals surface area contributed by atoms with Crippen molar-refractivity contribution in [1.82, 2.24) is 0 Å². The molecule has 0 heterocycles. The fourth-order valence-electron chi connectivity index (χ4n) is 0.819. The van der Waals surface area contributed by atoms with Crippen molar-refractivity contribution >= 4 is 5.69 Å². The van der Waals surface area contributed by atoms with Gasteiger partial charge in [-0.05, 0) is 26.0 Å². The lowest BCUT2D eigenvalue weighted by Crippen LogP contribution is -2.09. The second-order valence-corrected chi connectivity index (χ2v) is 2.41. The Balaban J connectivity index is 2.59. The van der Waals surface area contributed by atoms with E-state index in [1.165, 1.54) is 0 Å². The van der Waals surface area contributed by atoms with Crippen molar-refractivity contribution in [2.75, 3.05) is 5.32 Å². The topological polar surface area (TPSA) is 12.0 Å². The smallest absolute Gasteiger partial charge is 0.0342 e. The number of anilines is 1. The molecule has 0 bridgehead atoms. The summed E-state index contributed by atoms with van der Waals surface area (Å²) >= 11 is 0. The van der Waals surface area contributed by atoms with E-state index in [4.69, 9.17) is 0 Å². The lowest BCUT2D eigenvalue weighted by molar-refractivity contribution is 0.995. The summed E-state index contributed by atoms with van der Waals surface area (Å²) in [6, 6.07) is 10.3. The van der Waals surface area contributed by atoms with Crippen LogP contribution in [0, 0.1) is 6.92 Å². The molecule has 0 aliphatic rings. The third-order valence-corrected chi connectivity index (χ3v) is 1.19. The van der Waals surface area contributed by atoms with Gasteiger partial charge in [0.05, 0.1) is 0 Å². The maximum absolute atomic E-state index is 3.82. The summed E-state index contributed by atoms with van der Waals surface area (Å²) in [4.78, 5) is 0. The summed E-state index contributed by atoms with van der Waals surface area (Å²) < 4.78 is 0. The van der Waals surface area contributed by atoms with Crippen molar-refractivity contribution in [3.05, 3.63) is 37.3 Å². The number of benzene rings is 1. The van der Waals surface area contributed by atoms with E-state index in [0.29, 0.717) is 0 Å². The molecular formula is C9H12N. The number of hydrogen-bond donors (Lipinski definition) is 1. The van der Waals surface area contributed by atoms with Gasteiger partial charge in [0.2, 0.25) is 0 Å². The lowest BCUT2D eigenvalue weighted by atomic mass is 10.3. The molecule has 1 atom stereocenters. The van der Waals surface area contributed by atoms with E-state index < -0.39 is 0 Å². The van der Waals surface area contributed by atoms with Crippen molar-refractivity contribution in [3.8, 4) is 0 Å². The molecule has 1 radical (unpaired) electrons. The monoisotopic (exact) mass is 134 g/mol. The Morgan fingerprint density at radius 2 is 1.90 bits per heavy atom. The summed E-state index contributed by atoms with van der Waals surface area (Å²) in [5.41, 5.74) is 1.13. The minimum atomic E-state index is 0.266. The zero-order valence-corrected chi connectivity index (χ0v) is 6.17. The van der Waals surface area contributed by atoms with Crippen molar-refractivity contribution in [3.63, 3.8) is 0 Å². The molecule has 1 heteroatoms. The zero-order valence-electron chi connectivity index (χ0n) is 6.17. The van der Waals surface area contributed by atoms with E-state index in [9.17, 15) is 0 Å². The van der Waals surface area contributed by atoms with Gasteiger partial charge >= 0.3 is 0 Å². The fraction of sp³-hybridized carbons (Fsp3) is 0.222. The predicted octanol–water partition coefficient (Wildman–Crippen LogP) is 2.32. The van der Waals surface area contributed by atoms with Crippen LogP contribution in [0.4, 0.5) is 5.69 Å². The Kier molecular flexibility index (Phi) is 2.32. The normalized spacial score (nSPS) is 9.90. The molecule has 1 N–H and O–H groups in total. The number of rotatable bonds is 2. The Morgan fingerprint density at radius 3 is 2.40 bits per heavy atom. The fourth-order valence-corrected chi connectivity index (χ4v) is 0.819. The van der Waals surface area contributed by atoms with Crippen molar-refractivity contribution in [2.45, 2.75) is 13.0 Å². The molecule has 1 aromatic rings. The highest BCUT2D eigenvalue weighted by Gasteiger charge is 1.90. The Bertz CT molecular complexity index is 179. The van der Waals surface area contributed by atoms with Crippen LogP contribution in [0.15, 0.2) is 30.3 Å². The van der Waals surface area contributed by atoms with Crippen LogP contribution in [0.5, 0.6) is 0 Å². The molecule has 10 heavy (non-hydrogen) atoms. The quantitative estimate of drug-likeness (QED) is 0.654. The van der Waals surface area contributed by atoms with Crippen molar-refractivity contribution < 1.29 is 0 Å². The average Bonchev–Trinajstić information content (AvgIpc) is 1.88. The summed E-state index contributed by atoms with van der Waals surface area (Å²) in [6.45, 7) is 5.84. The SMILES string of the molecule is [CH2]C(C)Nc1ccccc1. The second-order valence-electron chi connectivity index (χ2n) is 2.41. The van der Waals surface area contributed by atoms with Gasteiger partial charge in [0, 0.05) is 11.7 Å². The first kappa shape index (κ1) is 7.13. The van der Waals surface area contributed by atoms with Crippen molar-refractivity contribution in [1.29, 1.82) is 0 Å². The molecule has 0 saturated carbocycles. The molecule has 1 nitrogen and oxygen atoms in total. The minimum absolute atomic E-state index is 0.266. The molecule has 0 spiro atoms. The first-order chi connectivity index (χ1) is 4.79. The van der Waals surface area contributed by atoms with Gasteiger partial charge in [-0.2, -0.15) is 0 Å². The highest BCUT2D eigenvalue weighted by atomic mass is 14.9. The third-order valence-electron chi connectivity index (χ3n) is 1.19. The van der Waals surface area contributed by atoms with Crippen LogP contribution >= 0.6 is 0 Å². The van der Waals surface area contributed by atoms with Crippen molar-refractivity contribution in [2.24, 2.45) is 0 Å². The number of hydrogen-bond acceptors (Lipinski definition) is 1. The Morgan fingerprint density at radius 1 is 1.30 bits per heavy atom.